The van der Waals surface area contributed by atoms with Crippen LogP contribution in [-0.4, -0.2) is 16.9 Å². The highest BCUT2D eigenvalue weighted by atomic mass is 16.1. The molecule has 3 heteroatoms. The second-order valence-corrected chi connectivity index (χ2v) is 3.64. The van der Waals surface area contributed by atoms with Crippen LogP contribution in [-0.2, 0) is 0 Å². The van der Waals surface area contributed by atoms with E-state index in [0.29, 0.717) is 5.69 Å². The van der Waals surface area contributed by atoms with Gasteiger partial charge in [-0.1, -0.05) is 0 Å². The summed E-state index contributed by atoms with van der Waals surface area (Å²) in [5.74, 6) is -0.0272. The number of hydrogen-bond donors (Lipinski definition) is 2. The molecule has 0 unspecified atom stereocenters. The van der Waals surface area contributed by atoms with Crippen molar-refractivity contribution in [1.82, 2.24) is 10.3 Å². The largest absolute Gasteiger partial charge is 0.354 e. The fourth-order valence-electron chi connectivity index (χ4n) is 1.30. The number of hydrogen-bond acceptors (Lipinski definition) is 1. The Hall–Kier alpha value is -1.25. The molecule has 0 spiro atoms. The van der Waals surface area contributed by atoms with E-state index in [9.17, 15) is 4.79 Å². The first-order valence-electron chi connectivity index (χ1n) is 4.47. The summed E-state index contributed by atoms with van der Waals surface area (Å²) in [5, 5.41) is 2.84. The van der Waals surface area contributed by atoms with E-state index in [4.69, 9.17) is 0 Å². The molecule has 1 rings (SSSR count). The van der Waals surface area contributed by atoms with Crippen molar-refractivity contribution < 1.29 is 4.79 Å². The normalized spacial score (nSPS) is 10.5. The minimum Gasteiger partial charge on any atom is -0.354 e. The number of carbonyl (C=O) groups is 1. The standard InChI is InChI=1S/C10H16N2O/c1-6(2)11-10(13)9-7(3)5-8(4)12-9/h5-6,12H,1-4H3,(H,11,13). The molecule has 0 radical (unpaired) electrons. The van der Waals surface area contributed by atoms with Crippen LogP contribution in [0, 0.1) is 13.8 Å². The molecule has 0 fully saturated rings. The highest BCUT2D eigenvalue weighted by Gasteiger charge is 2.11. The van der Waals surface area contributed by atoms with Crippen molar-refractivity contribution in [3.63, 3.8) is 0 Å². The molecular weight excluding hydrogens is 164 g/mol. The Balaban J connectivity index is 2.82. The van der Waals surface area contributed by atoms with Gasteiger partial charge in [0.15, 0.2) is 0 Å². The lowest BCUT2D eigenvalue weighted by Gasteiger charge is -2.07. The SMILES string of the molecule is Cc1cc(C)c(C(=O)NC(C)C)[nH]1. The quantitative estimate of drug-likeness (QED) is 0.715. The average Bonchev–Trinajstić information content (AvgIpc) is 2.28. The van der Waals surface area contributed by atoms with Crippen molar-refractivity contribution in [2.24, 2.45) is 0 Å². The van der Waals surface area contributed by atoms with Gasteiger partial charge >= 0.3 is 0 Å². The summed E-state index contributed by atoms with van der Waals surface area (Å²) >= 11 is 0. The second kappa shape index (κ2) is 3.64. The van der Waals surface area contributed by atoms with E-state index in [1.807, 2.05) is 33.8 Å². The molecule has 0 aliphatic carbocycles. The molecule has 0 bridgehead atoms. The smallest absolute Gasteiger partial charge is 0.268 e. The summed E-state index contributed by atoms with van der Waals surface area (Å²) < 4.78 is 0. The molecule has 0 aliphatic heterocycles. The van der Waals surface area contributed by atoms with E-state index >= 15 is 0 Å². The maximum atomic E-state index is 11.5. The fourth-order valence-corrected chi connectivity index (χ4v) is 1.30. The first kappa shape index (κ1) is 9.84. The van der Waals surface area contributed by atoms with Gasteiger partial charge in [0, 0.05) is 11.7 Å². The van der Waals surface area contributed by atoms with Crippen LogP contribution in [0.4, 0.5) is 0 Å². The molecule has 1 aromatic rings. The zero-order valence-electron chi connectivity index (χ0n) is 8.56. The number of nitrogens with one attached hydrogen (secondary N) is 2. The van der Waals surface area contributed by atoms with Gasteiger partial charge in [0.2, 0.25) is 0 Å². The van der Waals surface area contributed by atoms with Crippen LogP contribution in [0.3, 0.4) is 0 Å². The predicted molar refractivity (Wildman–Crippen MR) is 52.9 cm³/mol. The lowest BCUT2D eigenvalue weighted by Crippen LogP contribution is -2.30. The van der Waals surface area contributed by atoms with Crippen molar-refractivity contribution in [2.75, 3.05) is 0 Å². The van der Waals surface area contributed by atoms with Crippen molar-refractivity contribution in [1.29, 1.82) is 0 Å². The Morgan fingerprint density at radius 3 is 2.46 bits per heavy atom. The predicted octanol–water partition coefficient (Wildman–Crippen LogP) is 1.77. The molecular formula is C10H16N2O. The molecule has 1 heterocycles. The summed E-state index contributed by atoms with van der Waals surface area (Å²) in [6.45, 7) is 7.77. The van der Waals surface area contributed by atoms with Gasteiger partial charge in [0.1, 0.15) is 5.69 Å². The summed E-state index contributed by atoms with van der Waals surface area (Å²) in [6, 6.07) is 2.14. The van der Waals surface area contributed by atoms with E-state index in [2.05, 4.69) is 10.3 Å². The van der Waals surface area contributed by atoms with Crippen molar-refractivity contribution in [2.45, 2.75) is 33.7 Å². The minimum absolute atomic E-state index is 0.0272. The molecule has 0 saturated carbocycles. The molecule has 0 aromatic carbocycles. The van der Waals surface area contributed by atoms with Gasteiger partial charge in [0.25, 0.3) is 5.91 Å². The summed E-state index contributed by atoms with van der Waals surface area (Å²) in [7, 11) is 0. The lowest BCUT2D eigenvalue weighted by atomic mass is 10.2. The molecule has 72 valence electrons. The second-order valence-electron chi connectivity index (χ2n) is 3.64. The van der Waals surface area contributed by atoms with Crippen LogP contribution < -0.4 is 5.32 Å². The summed E-state index contributed by atoms with van der Waals surface area (Å²) in [6.07, 6.45) is 0. The Kier molecular flexibility index (Phi) is 2.76. The Morgan fingerprint density at radius 2 is 2.08 bits per heavy atom. The van der Waals surface area contributed by atoms with E-state index < -0.39 is 0 Å². The zero-order chi connectivity index (χ0) is 10.0. The highest BCUT2D eigenvalue weighted by Crippen LogP contribution is 2.08. The molecule has 1 amide bonds. The van der Waals surface area contributed by atoms with Gasteiger partial charge in [-0.15, -0.1) is 0 Å². The van der Waals surface area contributed by atoms with Gasteiger partial charge in [-0.3, -0.25) is 4.79 Å². The van der Waals surface area contributed by atoms with Crippen LogP contribution in [0.1, 0.15) is 35.6 Å². The van der Waals surface area contributed by atoms with Gasteiger partial charge in [-0.2, -0.15) is 0 Å². The van der Waals surface area contributed by atoms with Crippen molar-refractivity contribution in [3.8, 4) is 0 Å². The first-order valence-corrected chi connectivity index (χ1v) is 4.47. The molecule has 13 heavy (non-hydrogen) atoms. The topological polar surface area (TPSA) is 44.9 Å². The number of amides is 1. The van der Waals surface area contributed by atoms with Gasteiger partial charge in [-0.05, 0) is 39.3 Å². The van der Waals surface area contributed by atoms with E-state index in [-0.39, 0.29) is 11.9 Å². The van der Waals surface area contributed by atoms with Crippen LogP contribution >= 0.6 is 0 Å². The van der Waals surface area contributed by atoms with Crippen LogP contribution in [0.5, 0.6) is 0 Å². The number of aromatic amines is 1. The Labute approximate surface area is 78.5 Å². The third kappa shape index (κ3) is 2.34. The third-order valence-electron chi connectivity index (χ3n) is 1.80. The van der Waals surface area contributed by atoms with Crippen molar-refractivity contribution >= 4 is 5.91 Å². The van der Waals surface area contributed by atoms with Gasteiger partial charge in [-0.25, -0.2) is 0 Å². The molecule has 3 nitrogen and oxygen atoms in total. The maximum Gasteiger partial charge on any atom is 0.268 e. The van der Waals surface area contributed by atoms with Gasteiger partial charge in [0.05, 0.1) is 0 Å². The Morgan fingerprint density at radius 1 is 1.46 bits per heavy atom. The number of aromatic nitrogens is 1. The minimum atomic E-state index is -0.0272. The highest BCUT2D eigenvalue weighted by molar-refractivity contribution is 5.94. The zero-order valence-corrected chi connectivity index (χ0v) is 8.56. The average molecular weight is 180 g/mol. The molecule has 0 aliphatic rings. The van der Waals surface area contributed by atoms with Crippen molar-refractivity contribution in [3.05, 3.63) is 23.0 Å². The number of aryl methyl sites for hydroxylation is 2. The third-order valence-corrected chi connectivity index (χ3v) is 1.80. The Bertz CT molecular complexity index is 313. The lowest BCUT2D eigenvalue weighted by molar-refractivity contribution is 0.0938. The first-order chi connectivity index (χ1) is 6.00. The van der Waals surface area contributed by atoms with E-state index in [0.717, 1.165) is 11.3 Å². The number of rotatable bonds is 2. The molecule has 0 saturated heterocycles. The summed E-state index contributed by atoms with van der Waals surface area (Å²) in [4.78, 5) is 14.6. The van der Waals surface area contributed by atoms with Gasteiger partial charge < -0.3 is 10.3 Å². The number of carbonyl (C=O) groups excluding carboxylic acids is 1. The fraction of sp³-hybridized carbons (Fsp3) is 0.500. The van der Waals surface area contributed by atoms with Crippen LogP contribution in [0.15, 0.2) is 6.07 Å². The summed E-state index contributed by atoms with van der Waals surface area (Å²) in [5.41, 5.74) is 2.69. The molecule has 1 aromatic heterocycles. The molecule has 0 atom stereocenters. The monoisotopic (exact) mass is 180 g/mol. The number of H-pyrrole nitrogens is 1. The van der Waals surface area contributed by atoms with Crippen LogP contribution in [0.25, 0.3) is 0 Å². The van der Waals surface area contributed by atoms with E-state index in [1.165, 1.54) is 0 Å². The van der Waals surface area contributed by atoms with Crippen LogP contribution in [0.2, 0.25) is 0 Å². The molecule has 2 N–H and O–H groups in total. The van der Waals surface area contributed by atoms with E-state index in [1.54, 1.807) is 0 Å². The maximum absolute atomic E-state index is 11.5.